The third-order valence-electron chi connectivity index (χ3n) is 12.2. The van der Waals surface area contributed by atoms with E-state index in [0.717, 1.165) is 56.4 Å². The van der Waals surface area contributed by atoms with Crippen LogP contribution in [0.25, 0.3) is 64.4 Å². The second-order valence-electron chi connectivity index (χ2n) is 15.4. The maximum atomic E-state index is 6.92. The van der Waals surface area contributed by atoms with Crippen molar-refractivity contribution in [3.63, 3.8) is 0 Å². The van der Waals surface area contributed by atoms with Crippen molar-refractivity contribution >= 4 is 59.3 Å². The molecule has 1 aliphatic heterocycles. The highest BCUT2D eigenvalue weighted by Crippen LogP contribution is 2.49. The topological polar surface area (TPSA) is 49.6 Å². The first-order valence-corrected chi connectivity index (χ1v) is 20.8. The first-order chi connectivity index (χ1) is 28.7. The van der Waals surface area contributed by atoms with Crippen molar-refractivity contribution in [1.29, 1.82) is 0 Å². The molecule has 4 nitrogen and oxygen atoms in total. The minimum atomic E-state index is -0.232. The normalized spacial score (nSPS) is 16.4. The summed E-state index contributed by atoms with van der Waals surface area (Å²) in [5.74, 6) is 1.16. The molecule has 1 aliphatic carbocycles. The molecule has 3 heterocycles. The van der Waals surface area contributed by atoms with Gasteiger partial charge in [0.15, 0.2) is 0 Å². The van der Waals surface area contributed by atoms with E-state index in [2.05, 4.69) is 180 Å². The molecular formula is C53H37N3OS. The zero-order valence-electron chi connectivity index (χ0n) is 31.5. The summed E-state index contributed by atoms with van der Waals surface area (Å²) in [7, 11) is 0. The van der Waals surface area contributed by atoms with E-state index in [1.165, 1.54) is 53.6 Å². The van der Waals surface area contributed by atoms with Crippen molar-refractivity contribution in [2.24, 2.45) is 4.99 Å². The minimum absolute atomic E-state index is 0.224. The molecule has 276 valence electrons. The van der Waals surface area contributed by atoms with Crippen molar-refractivity contribution in [2.75, 3.05) is 0 Å². The maximum Gasteiger partial charge on any atom is 0.142 e. The van der Waals surface area contributed by atoms with Gasteiger partial charge in [-0.1, -0.05) is 158 Å². The smallest absolute Gasteiger partial charge is 0.142 e. The standard InChI is InChI=1S/C53H37N3OS/c1-3-14-32(15-4-1)51-54-52(33-16-5-2-6-17-33)56-53(55-51)43-25-12-24-42-41-29-28-34(31-45(41)57-50(42)43)36-23-13-27-47-49(36)48-35(18-11-26-46(48)58-47)30-44-39-21-9-7-19-37(39)38-20-8-10-22-40(38)44/h1-29,31,44,51,53,55H,30H2,(H,54,56). The average molecular weight is 764 g/mol. The van der Waals surface area contributed by atoms with Crippen LogP contribution in [0.1, 0.15) is 51.6 Å². The Morgan fingerprint density at radius 3 is 1.98 bits per heavy atom. The van der Waals surface area contributed by atoms with Gasteiger partial charge in [-0.2, -0.15) is 0 Å². The summed E-state index contributed by atoms with van der Waals surface area (Å²) in [6.07, 6.45) is 0.491. The Balaban J connectivity index is 0.960. The van der Waals surface area contributed by atoms with Crippen LogP contribution in [-0.4, -0.2) is 5.84 Å². The molecule has 2 N–H and O–H groups in total. The van der Waals surface area contributed by atoms with E-state index in [1.807, 2.05) is 23.5 Å². The molecule has 2 atom stereocenters. The summed E-state index contributed by atoms with van der Waals surface area (Å²) in [4.78, 5) is 5.13. The SMILES string of the molecule is c1ccc(C2=NC(c3ccccc3)NC(c3cccc4c3oc3cc(-c5cccc6sc7cccc(CC8c9ccccc9-c9ccccc98)c7c56)ccc34)N2)cc1. The van der Waals surface area contributed by atoms with Gasteiger partial charge in [0.1, 0.15) is 29.3 Å². The van der Waals surface area contributed by atoms with Gasteiger partial charge in [0.25, 0.3) is 0 Å². The molecule has 0 amide bonds. The van der Waals surface area contributed by atoms with Crippen molar-refractivity contribution in [3.05, 3.63) is 215 Å². The number of rotatable bonds is 6. The van der Waals surface area contributed by atoms with Crippen LogP contribution < -0.4 is 10.6 Å². The average Bonchev–Trinajstić information content (AvgIpc) is 3.97. The molecular weight excluding hydrogens is 727 g/mol. The number of nitrogens with one attached hydrogen (secondary N) is 2. The van der Waals surface area contributed by atoms with Gasteiger partial charge in [-0.15, -0.1) is 11.3 Å². The lowest BCUT2D eigenvalue weighted by Gasteiger charge is -2.32. The van der Waals surface area contributed by atoms with Crippen LogP contribution in [0.5, 0.6) is 0 Å². The molecule has 0 saturated heterocycles. The van der Waals surface area contributed by atoms with Crippen molar-refractivity contribution in [3.8, 4) is 22.3 Å². The van der Waals surface area contributed by atoms with Crippen LogP contribution in [0.4, 0.5) is 0 Å². The van der Waals surface area contributed by atoms with Crippen LogP contribution in [-0.2, 0) is 6.42 Å². The van der Waals surface area contributed by atoms with Crippen LogP contribution >= 0.6 is 11.3 Å². The number of fused-ring (bicyclic) bond motifs is 9. The summed E-state index contributed by atoms with van der Waals surface area (Å²) >= 11 is 1.89. The molecule has 0 bridgehead atoms. The largest absolute Gasteiger partial charge is 0.456 e. The Morgan fingerprint density at radius 1 is 0.534 bits per heavy atom. The molecule has 2 aromatic heterocycles. The second-order valence-corrected chi connectivity index (χ2v) is 16.5. The number of aliphatic imine (C=N–C) groups is 1. The highest BCUT2D eigenvalue weighted by Gasteiger charge is 2.30. The fraction of sp³-hybridized carbons (Fsp3) is 0.0755. The van der Waals surface area contributed by atoms with E-state index < -0.39 is 0 Å². The van der Waals surface area contributed by atoms with E-state index in [1.54, 1.807) is 0 Å². The molecule has 0 radical (unpaired) electrons. The van der Waals surface area contributed by atoms with Crippen molar-refractivity contribution < 1.29 is 4.42 Å². The number of benzene rings is 8. The predicted octanol–water partition coefficient (Wildman–Crippen LogP) is 13.3. The van der Waals surface area contributed by atoms with Crippen LogP contribution in [0.15, 0.2) is 191 Å². The lowest BCUT2D eigenvalue weighted by Crippen LogP contribution is -2.45. The molecule has 0 fully saturated rings. The van der Waals surface area contributed by atoms with Crippen molar-refractivity contribution in [2.45, 2.75) is 24.7 Å². The second kappa shape index (κ2) is 13.4. The van der Waals surface area contributed by atoms with E-state index in [0.29, 0.717) is 5.92 Å². The van der Waals surface area contributed by atoms with Gasteiger partial charge in [-0.3, -0.25) is 5.32 Å². The number of furan rings is 1. The number of nitrogens with zero attached hydrogens (tertiary/aromatic N) is 1. The summed E-state index contributed by atoms with van der Waals surface area (Å²) in [5.41, 5.74) is 14.3. The number of thiophene rings is 1. The fourth-order valence-electron chi connectivity index (χ4n) is 9.53. The zero-order chi connectivity index (χ0) is 38.2. The van der Waals surface area contributed by atoms with Gasteiger partial charge >= 0.3 is 0 Å². The first kappa shape index (κ1) is 33.4. The van der Waals surface area contributed by atoms with Crippen LogP contribution in [0, 0.1) is 0 Å². The van der Waals surface area contributed by atoms with E-state index in [-0.39, 0.29) is 12.3 Å². The number of hydrogen-bond donors (Lipinski definition) is 2. The van der Waals surface area contributed by atoms with E-state index in [9.17, 15) is 0 Å². The number of hydrogen-bond acceptors (Lipinski definition) is 5. The molecule has 8 aromatic carbocycles. The Labute approximate surface area is 340 Å². The lowest BCUT2D eigenvalue weighted by molar-refractivity contribution is 0.408. The zero-order valence-corrected chi connectivity index (χ0v) is 32.3. The molecule has 2 unspecified atom stereocenters. The van der Waals surface area contributed by atoms with Crippen molar-refractivity contribution in [1.82, 2.24) is 10.6 Å². The quantitative estimate of drug-likeness (QED) is 0.177. The molecule has 12 rings (SSSR count). The maximum absolute atomic E-state index is 6.92. The van der Waals surface area contributed by atoms with Gasteiger partial charge in [0.05, 0.1) is 0 Å². The number of amidine groups is 1. The third-order valence-corrected chi connectivity index (χ3v) is 13.3. The molecule has 5 heteroatoms. The van der Waals surface area contributed by atoms with Gasteiger partial charge in [0, 0.05) is 48.0 Å². The third kappa shape index (κ3) is 5.35. The monoisotopic (exact) mass is 763 g/mol. The highest BCUT2D eigenvalue weighted by molar-refractivity contribution is 7.26. The molecule has 0 spiro atoms. The Morgan fingerprint density at radius 2 is 1.19 bits per heavy atom. The summed E-state index contributed by atoms with van der Waals surface area (Å²) < 4.78 is 9.55. The van der Waals surface area contributed by atoms with Gasteiger partial charge in [-0.05, 0) is 75.2 Å². The summed E-state index contributed by atoms with van der Waals surface area (Å²) in [6, 6.07) is 65.6. The molecule has 10 aromatic rings. The minimum Gasteiger partial charge on any atom is -0.456 e. The lowest BCUT2D eigenvalue weighted by atomic mass is 9.87. The van der Waals surface area contributed by atoms with Gasteiger partial charge < -0.3 is 9.73 Å². The van der Waals surface area contributed by atoms with E-state index >= 15 is 0 Å². The summed E-state index contributed by atoms with van der Waals surface area (Å²) in [6.45, 7) is 0. The predicted molar refractivity (Wildman–Crippen MR) is 241 cm³/mol. The fourth-order valence-corrected chi connectivity index (χ4v) is 10.7. The molecule has 2 aliphatic rings. The first-order valence-electron chi connectivity index (χ1n) is 20.0. The Hall–Kier alpha value is -6.79. The van der Waals surface area contributed by atoms with Gasteiger partial charge in [-0.25, -0.2) is 4.99 Å². The van der Waals surface area contributed by atoms with Crippen LogP contribution in [0.3, 0.4) is 0 Å². The molecule has 58 heavy (non-hydrogen) atoms. The van der Waals surface area contributed by atoms with Crippen LogP contribution in [0.2, 0.25) is 0 Å². The number of para-hydroxylation sites is 1. The Bertz CT molecular complexity index is 3190. The Kier molecular flexibility index (Phi) is 7.71. The summed E-state index contributed by atoms with van der Waals surface area (Å²) in [5, 5.41) is 12.4. The van der Waals surface area contributed by atoms with Gasteiger partial charge in [0.2, 0.25) is 0 Å². The van der Waals surface area contributed by atoms with E-state index in [4.69, 9.17) is 9.41 Å². The molecule has 0 saturated carbocycles. The highest BCUT2D eigenvalue weighted by atomic mass is 32.1.